The van der Waals surface area contributed by atoms with Gasteiger partial charge in [-0.25, -0.2) is 25.6 Å². The molecule has 1 saturated carbocycles. The Morgan fingerprint density at radius 2 is 1.61 bits per heavy atom. The van der Waals surface area contributed by atoms with E-state index in [1.165, 1.54) is 0 Å². The van der Waals surface area contributed by atoms with Gasteiger partial charge in [0.25, 0.3) is 0 Å². The Morgan fingerprint density at radius 3 is 2.24 bits per heavy atom. The summed E-state index contributed by atoms with van der Waals surface area (Å²) in [4.78, 5) is -0.430. The third-order valence-corrected chi connectivity index (χ3v) is 11.2. The number of alkyl halides is 3. The van der Waals surface area contributed by atoms with Crippen molar-refractivity contribution in [3.8, 4) is 0 Å². The summed E-state index contributed by atoms with van der Waals surface area (Å²) in [5, 5.41) is 0. The van der Waals surface area contributed by atoms with Crippen LogP contribution in [0.5, 0.6) is 0 Å². The zero-order valence-corrected chi connectivity index (χ0v) is 18.9. The number of hydrogen-bond acceptors (Lipinski definition) is 4. The minimum absolute atomic E-state index is 0.0975. The molecule has 0 bridgehead atoms. The maximum Gasteiger partial charge on any atom is 0.416 e. The van der Waals surface area contributed by atoms with Gasteiger partial charge in [-0.15, -0.1) is 0 Å². The molecule has 1 aliphatic heterocycles. The Hall–Kier alpha value is -2.01. The number of sulfone groups is 2. The van der Waals surface area contributed by atoms with Gasteiger partial charge in [0.2, 0.25) is 0 Å². The number of halogens is 5. The SMILES string of the molecule is O=S1(=O)CC[C@@H]2C[C@](c3cc(F)ccc3F)(S(=O)(=O)c3ccc(C(F)(F)F)cc3)CC[C@@H]2C1. The van der Waals surface area contributed by atoms with Crippen LogP contribution in [0.3, 0.4) is 0 Å². The molecular formula is C22H21F5O4S2. The molecule has 0 N–H and O–H groups in total. The number of hydrogen-bond donors (Lipinski definition) is 0. The zero-order valence-electron chi connectivity index (χ0n) is 17.3. The normalized spacial score (nSPS) is 27.7. The average Bonchev–Trinajstić information content (AvgIpc) is 2.74. The summed E-state index contributed by atoms with van der Waals surface area (Å²) in [5.41, 5.74) is -1.41. The fraction of sp³-hybridized carbons (Fsp3) is 0.455. The van der Waals surface area contributed by atoms with Crippen LogP contribution in [0, 0.1) is 23.5 Å². The largest absolute Gasteiger partial charge is 0.416 e. The van der Waals surface area contributed by atoms with Gasteiger partial charge in [0.05, 0.1) is 22.0 Å². The van der Waals surface area contributed by atoms with Crippen molar-refractivity contribution in [3.05, 3.63) is 65.2 Å². The number of benzene rings is 2. The summed E-state index contributed by atoms with van der Waals surface area (Å²) in [5.74, 6) is -2.68. The molecule has 4 nitrogen and oxygen atoms in total. The molecule has 1 aliphatic carbocycles. The maximum absolute atomic E-state index is 14.9. The Bertz CT molecular complexity index is 1270. The lowest BCUT2D eigenvalue weighted by Crippen LogP contribution is -2.47. The van der Waals surface area contributed by atoms with Crippen LogP contribution in [0.25, 0.3) is 0 Å². The predicted octanol–water partition coefficient (Wildman–Crippen LogP) is 4.89. The lowest BCUT2D eigenvalue weighted by molar-refractivity contribution is -0.137. The van der Waals surface area contributed by atoms with Crippen molar-refractivity contribution >= 4 is 19.7 Å². The van der Waals surface area contributed by atoms with Gasteiger partial charge < -0.3 is 0 Å². The average molecular weight is 509 g/mol. The second kappa shape index (κ2) is 8.04. The Labute approximate surface area is 188 Å². The molecule has 2 fully saturated rings. The molecule has 2 aromatic carbocycles. The van der Waals surface area contributed by atoms with Crippen LogP contribution in [0.15, 0.2) is 47.4 Å². The quantitative estimate of drug-likeness (QED) is 0.554. The Kier molecular flexibility index (Phi) is 5.88. The van der Waals surface area contributed by atoms with Crippen LogP contribution >= 0.6 is 0 Å². The smallest absolute Gasteiger partial charge is 0.229 e. The molecule has 0 amide bonds. The summed E-state index contributed by atoms with van der Waals surface area (Å²) in [6.07, 6.45) is -4.64. The first-order chi connectivity index (χ1) is 15.3. The van der Waals surface area contributed by atoms with Crippen molar-refractivity contribution in [1.82, 2.24) is 0 Å². The van der Waals surface area contributed by atoms with E-state index >= 15 is 0 Å². The fourth-order valence-corrected chi connectivity index (χ4v) is 9.30. The van der Waals surface area contributed by atoms with Gasteiger partial charge in [-0.05, 0) is 80.0 Å². The first-order valence-corrected chi connectivity index (χ1v) is 13.6. The van der Waals surface area contributed by atoms with Crippen LogP contribution in [0.2, 0.25) is 0 Å². The first kappa shape index (κ1) is 24.1. The van der Waals surface area contributed by atoms with Crippen molar-refractivity contribution in [2.24, 2.45) is 11.8 Å². The monoisotopic (exact) mass is 508 g/mol. The van der Waals surface area contributed by atoms with Gasteiger partial charge in [0, 0.05) is 5.56 Å². The first-order valence-electron chi connectivity index (χ1n) is 10.3. The van der Waals surface area contributed by atoms with Crippen molar-refractivity contribution < 1.29 is 38.8 Å². The van der Waals surface area contributed by atoms with E-state index in [2.05, 4.69) is 0 Å². The molecule has 11 heteroatoms. The molecular weight excluding hydrogens is 487 g/mol. The minimum Gasteiger partial charge on any atom is -0.229 e. The molecule has 0 unspecified atom stereocenters. The fourth-order valence-electron chi connectivity index (χ4n) is 5.17. The van der Waals surface area contributed by atoms with E-state index in [-0.39, 0.29) is 54.6 Å². The van der Waals surface area contributed by atoms with Gasteiger partial charge >= 0.3 is 6.18 Å². The molecule has 1 heterocycles. The number of rotatable bonds is 3. The lowest BCUT2D eigenvalue weighted by atomic mass is 9.70. The summed E-state index contributed by atoms with van der Waals surface area (Å²) in [6.45, 7) is 0. The molecule has 2 aromatic rings. The van der Waals surface area contributed by atoms with Gasteiger partial charge in [0.1, 0.15) is 16.4 Å². The van der Waals surface area contributed by atoms with E-state index < -0.39 is 52.7 Å². The third kappa shape index (κ3) is 4.29. The summed E-state index contributed by atoms with van der Waals surface area (Å²) < 4.78 is 118. The topological polar surface area (TPSA) is 68.3 Å². The number of fused-ring (bicyclic) bond motifs is 1. The summed E-state index contributed by atoms with van der Waals surface area (Å²) in [6, 6.07) is 5.44. The minimum atomic E-state index is -4.67. The van der Waals surface area contributed by atoms with Gasteiger partial charge in [-0.3, -0.25) is 0 Å². The summed E-state index contributed by atoms with van der Waals surface area (Å²) in [7, 11) is -7.75. The molecule has 2 aliphatic rings. The van der Waals surface area contributed by atoms with E-state index in [0.29, 0.717) is 12.1 Å². The summed E-state index contributed by atoms with van der Waals surface area (Å²) >= 11 is 0. The van der Waals surface area contributed by atoms with Crippen LogP contribution in [0.1, 0.15) is 36.8 Å². The maximum atomic E-state index is 14.9. The predicted molar refractivity (Wildman–Crippen MR) is 111 cm³/mol. The molecule has 0 radical (unpaired) electrons. The third-order valence-electron chi connectivity index (χ3n) is 6.87. The highest BCUT2D eigenvalue weighted by Crippen LogP contribution is 2.53. The van der Waals surface area contributed by atoms with E-state index in [9.17, 15) is 38.8 Å². The Balaban J connectivity index is 1.84. The Morgan fingerprint density at radius 1 is 0.939 bits per heavy atom. The molecule has 0 spiro atoms. The molecule has 1 saturated heterocycles. The lowest BCUT2D eigenvalue weighted by Gasteiger charge is -2.46. The molecule has 0 aromatic heterocycles. The van der Waals surface area contributed by atoms with E-state index in [4.69, 9.17) is 0 Å². The highest BCUT2D eigenvalue weighted by atomic mass is 32.2. The second-order valence-electron chi connectivity index (χ2n) is 8.81. The van der Waals surface area contributed by atoms with Crippen LogP contribution in [0.4, 0.5) is 22.0 Å². The van der Waals surface area contributed by atoms with Crippen molar-refractivity contribution in [2.45, 2.75) is 41.5 Å². The highest BCUT2D eigenvalue weighted by molar-refractivity contribution is 7.92. The standard InChI is InChI=1S/C22H21F5O4S2/c23-17-3-6-20(24)19(11-17)21(9-7-15-13-32(28,29)10-8-14(15)12-21)33(30,31)18-4-1-16(2-5-18)22(25,26)27/h1-6,11,14-15H,7-10,12-13H2/t14-,15-,21-/m1/s1. The molecule has 3 atom stereocenters. The van der Waals surface area contributed by atoms with Crippen molar-refractivity contribution in [3.63, 3.8) is 0 Å². The van der Waals surface area contributed by atoms with E-state index in [0.717, 1.165) is 30.3 Å². The van der Waals surface area contributed by atoms with E-state index in [1.54, 1.807) is 0 Å². The van der Waals surface area contributed by atoms with Gasteiger partial charge in [-0.1, -0.05) is 0 Å². The van der Waals surface area contributed by atoms with Crippen molar-refractivity contribution in [1.29, 1.82) is 0 Å². The molecule has 4 rings (SSSR count). The van der Waals surface area contributed by atoms with E-state index in [1.807, 2.05) is 0 Å². The van der Waals surface area contributed by atoms with Crippen molar-refractivity contribution in [2.75, 3.05) is 11.5 Å². The highest BCUT2D eigenvalue weighted by Gasteiger charge is 2.54. The van der Waals surface area contributed by atoms with Crippen LogP contribution in [-0.4, -0.2) is 28.3 Å². The van der Waals surface area contributed by atoms with Crippen LogP contribution < -0.4 is 0 Å². The molecule has 180 valence electrons. The van der Waals surface area contributed by atoms with Gasteiger partial charge in [0.15, 0.2) is 19.7 Å². The van der Waals surface area contributed by atoms with Gasteiger partial charge in [-0.2, -0.15) is 13.2 Å². The zero-order chi connectivity index (χ0) is 24.2. The molecule has 33 heavy (non-hydrogen) atoms. The van der Waals surface area contributed by atoms with Crippen LogP contribution in [-0.2, 0) is 30.6 Å². The second-order valence-corrected chi connectivity index (χ2v) is 13.3.